The molecular formula is C17H12S5. The molecule has 2 atom stereocenters. The number of rotatable bonds is 2. The van der Waals surface area contributed by atoms with Gasteiger partial charge in [-0.1, -0.05) is 72.9 Å². The van der Waals surface area contributed by atoms with Crippen LogP contribution in [-0.2, 0) is 0 Å². The maximum Gasteiger partial charge on any atom is 0.145 e. The lowest BCUT2D eigenvalue weighted by Gasteiger charge is -2.30. The molecule has 3 aromatic rings. The van der Waals surface area contributed by atoms with Gasteiger partial charge >= 0.3 is 0 Å². The van der Waals surface area contributed by atoms with E-state index in [2.05, 4.69) is 60.7 Å². The summed E-state index contributed by atoms with van der Waals surface area (Å²) in [5, 5.41) is 0.864. The Morgan fingerprint density at radius 3 is 1.45 bits per heavy atom. The number of benzene rings is 2. The molecule has 2 heterocycles. The molecule has 0 saturated carbocycles. The van der Waals surface area contributed by atoms with Crippen molar-refractivity contribution in [3.63, 3.8) is 0 Å². The highest BCUT2D eigenvalue weighted by Crippen LogP contribution is 2.61. The molecule has 1 aliphatic heterocycles. The van der Waals surface area contributed by atoms with Gasteiger partial charge in [-0.2, -0.15) is 0 Å². The van der Waals surface area contributed by atoms with E-state index in [1.54, 1.807) is 22.7 Å². The second-order valence-electron chi connectivity index (χ2n) is 4.93. The molecule has 2 unspecified atom stereocenters. The first kappa shape index (κ1) is 15.0. The monoisotopic (exact) mass is 376 g/mol. The van der Waals surface area contributed by atoms with Crippen molar-refractivity contribution in [2.75, 3.05) is 0 Å². The predicted octanol–water partition coefficient (Wildman–Crippen LogP) is 7.22. The molecule has 0 saturated heterocycles. The summed E-state index contributed by atoms with van der Waals surface area (Å²) in [5.41, 5.74) is 2.78. The topological polar surface area (TPSA) is 0 Å². The van der Waals surface area contributed by atoms with Gasteiger partial charge in [0.1, 0.15) is 3.14 Å². The minimum atomic E-state index is 0.432. The van der Waals surface area contributed by atoms with E-state index < -0.39 is 0 Å². The molecule has 1 aromatic heterocycles. The summed E-state index contributed by atoms with van der Waals surface area (Å²) < 4.78 is 3.81. The summed E-state index contributed by atoms with van der Waals surface area (Å²) in [6.45, 7) is 0. The Morgan fingerprint density at radius 2 is 1.05 bits per heavy atom. The molecule has 4 rings (SSSR count). The number of thioether (sulfide) groups is 2. The summed E-state index contributed by atoms with van der Waals surface area (Å²) in [5.74, 6) is 0. The molecule has 0 bridgehead atoms. The maximum atomic E-state index is 5.40. The van der Waals surface area contributed by atoms with Crippen molar-refractivity contribution in [2.24, 2.45) is 0 Å². The Balaban J connectivity index is 1.80. The predicted molar refractivity (Wildman–Crippen MR) is 103 cm³/mol. The van der Waals surface area contributed by atoms with Crippen LogP contribution in [0, 0.1) is 3.14 Å². The van der Waals surface area contributed by atoms with Gasteiger partial charge in [0.2, 0.25) is 0 Å². The molecule has 0 amide bonds. The van der Waals surface area contributed by atoms with Crippen LogP contribution in [0.2, 0.25) is 0 Å². The third-order valence-electron chi connectivity index (χ3n) is 3.52. The van der Waals surface area contributed by atoms with Crippen LogP contribution in [-0.4, -0.2) is 0 Å². The maximum absolute atomic E-state index is 5.40. The van der Waals surface area contributed by atoms with Crippen LogP contribution in [0.5, 0.6) is 0 Å². The van der Waals surface area contributed by atoms with Crippen molar-refractivity contribution in [3.8, 4) is 0 Å². The van der Waals surface area contributed by atoms with E-state index in [-0.39, 0.29) is 0 Å². The molecule has 0 aliphatic carbocycles. The zero-order valence-corrected chi connectivity index (χ0v) is 15.6. The highest BCUT2D eigenvalue weighted by Gasteiger charge is 2.33. The van der Waals surface area contributed by atoms with Gasteiger partial charge in [-0.15, -0.1) is 46.2 Å². The molecule has 0 fully saturated rings. The highest BCUT2D eigenvalue weighted by molar-refractivity contribution is 8.08. The standard InChI is InChI=1S/C17H12S5/c18-17-21-15-16(22-17)20-14(12-9-5-2-6-10-12)13(19-15)11-7-3-1-4-8-11/h1-10,13-14H. The van der Waals surface area contributed by atoms with Gasteiger partial charge < -0.3 is 0 Å². The molecule has 0 radical (unpaired) electrons. The van der Waals surface area contributed by atoms with Crippen LogP contribution in [0.15, 0.2) is 69.1 Å². The third-order valence-corrected chi connectivity index (χ3v) is 9.83. The Morgan fingerprint density at radius 1 is 0.636 bits per heavy atom. The van der Waals surface area contributed by atoms with E-state index in [0.29, 0.717) is 10.5 Å². The van der Waals surface area contributed by atoms with E-state index in [9.17, 15) is 0 Å². The second-order valence-corrected chi connectivity index (χ2v) is 11.0. The smallest absolute Gasteiger partial charge is 0.105 e. The molecule has 22 heavy (non-hydrogen) atoms. The van der Waals surface area contributed by atoms with E-state index in [0.717, 1.165) is 3.14 Å². The van der Waals surface area contributed by atoms with Crippen LogP contribution >= 0.6 is 58.4 Å². The van der Waals surface area contributed by atoms with Gasteiger partial charge in [0.15, 0.2) is 0 Å². The summed E-state index contributed by atoms with van der Waals surface area (Å²) in [4.78, 5) is 0. The second kappa shape index (κ2) is 6.49. The molecule has 1 aliphatic rings. The number of hydrogen-bond donors (Lipinski definition) is 0. The van der Waals surface area contributed by atoms with Crippen molar-refractivity contribution < 1.29 is 0 Å². The first-order valence-electron chi connectivity index (χ1n) is 6.88. The molecule has 0 spiro atoms. The zero-order valence-electron chi connectivity index (χ0n) is 11.5. The fraction of sp³-hybridized carbons (Fsp3) is 0.118. The van der Waals surface area contributed by atoms with Gasteiger partial charge in [-0.05, 0) is 11.1 Å². The molecule has 110 valence electrons. The fourth-order valence-corrected chi connectivity index (χ4v) is 9.51. The average molecular weight is 377 g/mol. The Hall–Kier alpha value is -0.590. The third kappa shape index (κ3) is 2.93. The molecule has 0 N–H and O–H groups in total. The largest absolute Gasteiger partial charge is 0.145 e. The first-order chi connectivity index (χ1) is 10.8. The Kier molecular flexibility index (Phi) is 4.42. The van der Waals surface area contributed by atoms with Crippen molar-refractivity contribution in [3.05, 3.63) is 74.9 Å². The van der Waals surface area contributed by atoms with Crippen LogP contribution in [0.3, 0.4) is 0 Å². The SMILES string of the molecule is S=c1sc2c(s1)SC(c1ccccc1)C(c1ccccc1)S2. The summed E-state index contributed by atoms with van der Waals surface area (Å²) in [6.07, 6.45) is 0. The minimum Gasteiger partial charge on any atom is -0.105 e. The van der Waals surface area contributed by atoms with Crippen LogP contribution in [0.25, 0.3) is 0 Å². The summed E-state index contributed by atoms with van der Waals surface area (Å²) >= 11 is 12.9. The zero-order chi connectivity index (χ0) is 14.9. The highest BCUT2D eigenvalue weighted by atomic mass is 32.2. The molecule has 0 nitrogen and oxygen atoms in total. The van der Waals surface area contributed by atoms with E-state index in [1.807, 2.05) is 23.5 Å². The van der Waals surface area contributed by atoms with Gasteiger partial charge in [0.25, 0.3) is 0 Å². The minimum absolute atomic E-state index is 0.432. The van der Waals surface area contributed by atoms with E-state index >= 15 is 0 Å². The Bertz CT molecular complexity index is 751. The number of fused-ring (bicyclic) bond motifs is 1. The van der Waals surface area contributed by atoms with Gasteiger partial charge in [-0.3, -0.25) is 0 Å². The molecular weight excluding hydrogens is 365 g/mol. The summed E-state index contributed by atoms with van der Waals surface area (Å²) in [6, 6.07) is 21.7. The van der Waals surface area contributed by atoms with Crippen molar-refractivity contribution in [2.45, 2.75) is 18.9 Å². The summed E-state index contributed by atoms with van der Waals surface area (Å²) in [7, 11) is 0. The van der Waals surface area contributed by atoms with Crippen LogP contribution < -0.4 is 0 Å². The molecule has 5 heteroatoms. The lowest BCUT2D eigenvalue weighted by atomic mass is 10.0. The van der Waals surface area contributed by atoms with Gasteiger partial charge in [-0.25, -0.2) is 0 Å². The lowest BCUT2D eigenvalue weighted by Crippen LogP contribution is -2.08. The van der Waals surface area contributed by atoms with Crippen molar-refractivity contribution >= 4 is 58.4 Å². The normalized spacial score (nSPS) is 20.5. The Labute approximate surface area is 151 Å². The fourth-order valence-electron chi connectivity index (χ4n) is 2.53. The van der Waals surface area contributed by atoms with Gasteiger partial charge in [0.05, 0.1) is 18.9 Å². The van der Waals surface area contributed by atoms with E-state index in [1.165, 1.54) is 19.5 Å². The first-order valence-corrected chi connectivity index (χ1v) is 10.7. The van der Waals surface area contributed by atoms with Gasteiger partial charge in [0, 0.05) is 0 Å². The average Bonchev–Trinajstić information content (AvgIpc) is 2.94. The van der Waals surface area contributed by atoms with Crippen LogP contribution in [0.4, 0.5) is 0 Å². The lowest BCUT2D eigenvalue weighted by molar-refractivity contribution is 0.897. The van der Waals surface area contributed by atoms with E-state index in [4.69, 9.17) is 12.2 Å². The number of hydrogen-bond acceptors (Lipinski definition) is 5. The van der Waals surface area contributed by atoms with Crippen LogP contribution in [0.1, 0.15) is 21.6 Å². The van der Waals surface area contributed by atoms with Crippen molar-refractivity contribution in [1.29, 1.82) is 0 Å². The van der Waals surface area contributed by atoms with Crippen molar-refractivity contribution in [1.82, 2.24) is 0 Å². The quantitative estimate of drug-likeness (QED) is 0.433. The molecule has 2 aromatic carbocycles.